The largest absolute Gasteiger partial charge is 0.462 e. The predicted octanol–water partition coefficient (Wildman–Crippen LogP) is 3.96. The van der Waals surface area contributed by atoms with E-state index in [4.69, 9.17) is 4.74 Å². The lowest BCUT2D eigenvalue weighted by Gasteiger charge is -2.38. The minimum atomic E-state index is -0.0296. The summed E-state index contributed by atoms with van der Waals surface area (Å²) in [5, 5.41) is 0. The molecule has 0 spiro atoms. The third kappa shape index (κ3) is 4.22. The Morgan fingerprint density at radius 2 is 2.12 bits per heavy atom. The van der Waals surface area contributed by atoms with E-state index in [0.717, 1.165) is 19.3 Å². The number of hydrogen-bond acceptors (Lipinski definition) is 2. The van der Waals surface area contributed by atoms with Crippen LogP contribution in [0.25, 0.3) is 0 Å². The first kappa shape index (κ1) is 14.3. The van der Waals surface area contributed by atoms with Crippen LogP contribution in [-0.4, -0.2) is 16.0 Å². The number of esters is 1. The summed E-state index contributed by atoms with van der Waals surface area (Å²) in [7, 11) is 0. The summed E-state index contributed by atoms with van der Waals surface area (Å²) in [6.45, 7) is 8.81. The van der Waals surface area contributed by atoms with Gasteiger partial charge < -0.3 is 4.74 Å². The summed E-state index contributed by atoms with van der Waals surface area (Å²) < 4.78 is 5.62. The van der Waals surface area contributed by atoms with Crippen molar-refractivity contribution in [3.63, 3.8) is 0 Å². The quantitative estimate of drug-likeness (QED) is 0.442. The van der Waals surface area contributed by atoms with Crippen LogP contribution < -0.4 is 0 Å². The summed E-state index contributed by atoms with van der Waals surface area (Å²) in [5.41, 5.74) is 0.315. The van der Waals surface area contributed by atoms with Crippen LogP contribution in [0.5, 0.6) is 0 Å². The first-order chi connectivity index (χ1) is 7.34. The molecule has 0 aliphatic heterocycles. The molecule has 3 unspecified atom stereocenters. The van der Waals surface area contributed by atoms with Crippen LogP contribution in [0, 0.1) is 11.3 Å². The van der Waals surface area contributed by atoms with E-state index >= 15 is 0 Å². The second kappa shape index (κ2) is 5.69. The summed E-state index contributed by atoms with van der Waals surface area (Å²) >= 11 is 2.17. The van der Waals surface area contributed by atoms with E-state index in [1.54, 1.807) is 0 Å². The maximum atomic E-state index is 11.7. The lowest BCUT2D eigenvalue weighted by Crippen LogP contribution is -2.35. The molecule has 16 heavy (non-hydrogen) atoms. The molecule has 3 heteroatoms. The van der Waals surface area contributed by atoms with Crippen molar-refractivity contribution in [3.05, 3.63) is 0 Å². The number of alkyl halides is 1. The Hall–Kier alpha value is 0.200. The van der Waals surface area contributed by atoms with Crippen molar-refractivity contribution in [3.8, 4) is 0 Å². The van der Waals surface area contributed by atoms with E-state index < -0.39 is 0 Å². The molecule has 0 aromatic heterocycles. The first-order valence-corrected chi connectivity index (χ1v) is 7.43. The smallest absolute Gasteiger partial charge is 0.319 e. The van der Waals surface area contributed by atoms with Crippen molar-refractivity contribution < 1.29 is 9.53 Å². The molecule has 1 rings (SSSR count). The van der Waals surface area contributed by atoms with E-state index in [9.17, 15) is 4.79 Å². The molecule has 2 nitrogen and oxygen atoms in total. The van der Waals surface area contributed by atoms with E-state index in [0.29, 0.717) is 11.3 Å². The maximum absolute atomic E-state index is 11.7. The van der Waals surface area contributed by atoms with Crippen molar-refractivity contribution in [2.75, 3.05) is 0 Å². The van der Waals surface area contributed by atoms with Crippen molar-refractivity contribution in [1.82, 2.24) is 0 Å². The maximum Gasteiger partial charge on any atom is 0.319 e. The van der Waals surface area contributed by atoms with E-state index in [2.05, 4.69) is 43.4 Å². The highest BCUT2D eigenvalue weighted by Crippen LogP contribution is 2.39. The highest BCUT2D eigenvalue weighted by atomic mass is 127. The Bertz CT molecular complexity index is 250. The van der Waals surface area contributed by atoms with Crippen molar-refractivity contribution >= 4 is 28.6 Å². The molecule has 0 aromatic carbocycles. The molecule has 0 heterocycles. The molecule has 1 aliphatic carbocycles. The molecule has 0 radical (unpaired) electrons. The third-order valence-electron chi connectivity index (χ3n) is 3.24. The minimum absolute atomic E-state index is 0.0120. The van der Waals surface area contributed by atoms with Crippen LogP contribution in [0.1, 0.15) is 53.4 Å². The first-order valence-electron chi connectivity index (χ1n) is 6.18. The van der Waals surface area contributed by atoms with E-state index in [-0.39, 0.29) is 16.0 Å². The minimum Gasteiger partial charge on any atom is -0.462 e. The second-order valence-electron chi connectivity index (χ2n) is 5.85. The fraction of sp³-hybridized carbons (Fsp3) is 0.923. The molecule has 0 aromatic rings. The average Bonchev–Trinajstić information content (AvgIpc) is 2.12. The SMILES string of the molecule is CCC(I)C(=O)OC1CC(C)CC(C)(C)C1. The van der Waals surface area contributed by atoms with Crippen molar-refractivity contribution in [1.29, 1.82) is 0 Å². The van der Waals surface area contributed by atoms with Crippen LogP contribution in [0.4, 0.5) is 0 Å². The molecular formula is C13H23IO2. The lowest BCUT2D eigenvalue weighted by molar-refractivity contribution is -0.152. The number of rotatable bonds is 3. The Labute approximate surface area is 113 Å². The highest BCUT2D eigenvalue weighted by Gasteiger charge is 2.34. The molecule has 1 fully saturated rings. The van der Waals surface area contributed by atoms with Crippen LogP contribution >= 0.6 is 22.6 Å². The van der Waals surface area contributed by atoms with E-state index in [1.165, 1.54) is 6.42 Å². The monoisotopic (exact) mass is 338 g/mol. The highest BCUT2D eigenvalue weighted by molar-refractivity contribution is 14.1. The Morgan fingerprint density at radius 1 is 1.50 bits per heavy atom. The summed E-state index contributed by atoms with van der Waals surface area (Å²) in [6, 6.07) is 0. The number of hydrogen-bond donors (Lipinski definition) is 0. The van der Waals surface area contributed by atoms with Crippen LogP contribution in [0.15, 0.2) is 0 Å². The zero-order valence-corrected chi connectivity index (χ0v) is 12.9. The molecule has 0 bridgehead atoms. The molecule has 1 saturated carbocycles. The number of carbonyl (C=O) groups excluding carboxylic acids is 1. The molecule has 0 amide bonds. The van der Waals surface area contributed by atoms with Gasteiger partial charge in [-0.2, -0.15) is 0 Å². The zero-order valence-electron chi connectivity index (χ0n) is 10.8. The summed E-state index contributed by atoms with van der Waals surface area (Å²) in [5.74, 6) is 0.633. The van der Waals surface area contributed by atoms with Gasteiger partial charge in [0.2, 0.25) is 0 Å². The van der Waals surface area contributed by atoms with Gasteiger partial charge in [0.15, 0.2) is 0 Å². The topological polar surface area (TPSA) is 26.3 Å². The van der Waals surface area contributed by atoms with Gasteiger partial charge >= 0.3 is 5.97 Å². The summed E-state index contributed by atoms with van der Waals surface area (Å²) in [6.07, 6.45) is 4.27. The number of carbonyl (C=O) groups is 1. The third-order valence-corrected chi connectivity index (χ3v) is 4.63. The number of ether oxygens (including phenoxy) is 1. The summed E-state index contributed by atoms with van der Waals surface area (Å²) in [4.78, 5) is 11.7. The van der Waals surface area contributed by atoms with Gasteiger partial charge in [0, 0.05) is 0 Å². The molecule has 0 saturated heterocycles. The molecular weight excluding hydrogens is 315 g/mol. The zero-order chi connectivity index (χ0) is 12.3. The normalized spacial score (nSPS) is 30.8. The van der Waals surface area contributed by atoms with Gasteiger partial charge in [-0.15, -0.1) is 0 Å². The molecule has 0 N–H and O–H groups in total. The molecule has 94 valence electrons. The van der Waals surface area contributed by atoms with E-state index in [1.807, 2.05) is 6.92 Å². The van der Waals surface area contributed by atoms with Gasteiger partial charge in [0.25, 0.3) is 0 Å². The van der Waals surface area contributed by atoms with Gasteiger partial charge in [0.1, 0.15) is 10.0 Å². The van der Waals surface area contributed by atoms with Crippen molar-refractivity contribution in [2.24, 2.45) is 11.3 Å². The fourth-order valence-corrected chi connectivity index (χ4v) is 2.90. The van der Waals surface area contributed by atoms with Gasteiger partial charge in [-0.3, -0.25) is 4.79 Å². The lowest BCUT2D eigenvalue weighted by atomic mass is 9.71. The Balaban J connectivity index is 2.51. The second-order valence-corrected chi connectivity index (χ2v) is 7.35. The molecule has 3 atom stereocenters. The van der Waals surface area contributed by atoms with Crippen LogP contribution in [0.2, 0.25) is 0 Å². The van der Waals surface area contributed by atoms with Crippen molar-refractivity contribution in [2.45, 2.75) is 63.4 Å². The Morgan fingerprint density at radius 3 is 2.62 bits per heavy atom. The fourth-order valence-electron chi connectivity index (χ4n) is 2.75. The average molecular weight is 338 g/mol. The van der Waals surface area contributed by atoms with Gasteiger partial charge in [0.05, 0.1) is 0 Å². The molecule has 1 aliphatic rings. The standard InChI is InChI=1S/C13H23IO2/c1-5-11(14)12(15)16-10-6-9(2)7-13(3,4)8-10/h9-11H,5-8H2,1-4H3. The van der Waals surface area contributed by atoms with Crippen LogP contribution in [-0.2, 0) is 9.53 Å². The van der Waals surface area contributed by atoms with Gasteiger partial charge in [-0.1, -0.05) is 50.3 Å². The number of halogens is 1. The Kier molecular flexibility index (Phi) is 5.08. The van der Waals surface area contributed by atoms with Gasteiger partial charge in [-0.25, -0.2) is 0 Å². The predicted molar refractivity (Wildman–Crippen MR) is 74.8 cm³/mol. The van der Waals surface area contributed by atoms with Gasteiger partial charge in [-0.05, 0) is 37.0 Å². The van der Waals surface area contributed by atoms with Crippen LogP contribution in [0.3, 0.4) is 0 Å².